The van der Waals surface area contributed by atoms with Gasteiger partial charge in [-0.05, 0) is 51.5 Å². The van der Waals surface area contributed by atoms with Crippen LogP contribution in [0.4, 0.5) is 4.79 Å². The van der Waals surface area contributed by atoms with E-state index in [0.29, 0.717) is 49.7 Å². The molecule has 1 radical (unpaired) electrons. The molecule has 0 spiro atoms. The Hall–Kier alpha value is -3.89. The summed E-state index contributed by atoms with van der Waals surface area (Å²) in [7, 11) is 0. The lowest BCUT2D eigenvalue weighted by atomic mass is 10.2. The minimum Gasteiger partial charge on any atom is -0.494 e. The van der Waals surface area contributed by atoms with Crippen LogP contribution in [-0.2, 0) is 20.9 Å². The van der Waals surface area contributed by atoms with Gasteiger partial charge in [0.2, 0.25) is 0 Å². The number of carbonyl (C=O) groups excluding carboxylic acids is 3. The van der Waals surface area contributed by atoms with Crippen LogP contribution in [0.1, 0.15) is 38.5 Å². The SMILES string of the molecule is CC(C)(C)OC(=O)NC(=N)c1ccc(OCCCN2CCN(Cc3c[c]no3)C(=O)C2=O)cc1. The van der Waals surface area contributed by atoms with Gasteiger partial charge in [0, 0.05) is 31.3 Å². The number of piperazine rings is 1. The van der Waals surface area contributed by atoms with E-state index in [1.807, 2.05) is 0 Å². The molecule has 2 aromatic rings. The van der Waals surface area contributed by atoms with Crippen molar-refractivity contribution < 1.29 is 28.4 Å². The summed E-state index contributed by atoms with van der Waals surface area (Å²) in [6.07, 6.45) is 2.39. The number of amides is 3. The van der Waals surface area contributed by atoms with Gasteiger partial charge in [-0.3, -0.25) is 20.3 Å². The predicted molar refractivity (Wildman–Crippen MR) is 120 cm³/mol. The average molecular weight is 471 g/mol. The monoisotopic (exact) mass is 470 g/mol. The summed E-state index contributed by atoms with van der Waals surface area (Å²) in [5.41, 5.74) is -0.146. The van der Waals surface area contributed by atoms with Crippen LogP contribution in [-0.4, -0.2) is 70.5 Å². The fraction of sp³-hybridized carbons (Fsp3) is 0.435. The van der Waals surface area contributed by atoms with Crippen molar-refractivity contribution in [1.82, 2.24) is 20.3 Å². The number of hydrogen-bond acceptors (Lipinski definition) is 8. The van der Waals surface area contributed by atoms with E-state index in [1.165, 1.54) is 15.9 Å². The highest BCUT2D eigenvalue weighted by atomic mass is 16.6. The summed E-state index contributed by atoms with van der Waals surface area (Å²) in [5, 5.41) is 13.9. The quantitative estimate of drug-likeness (QED) is 0.260. The zero-order chi connectivity index (χ0) is 24.7. The summed E-state index contributed by atoms with van der Waals surface area (Å²) in [4.78, 5) is 39.4. The Labute approximate surface area is 197 Å². The van der Waals surface area contributed by atoms with Gasteiger partial charge in [-0.2, -0.15) is 0 Å². The van der Waals surface area contributed by atoms with Gasteiger partial charge in [0.25, 0.3) is 0 Å². The van der Waals surface area contributed by atoms with Gasteiger partial charge in [-0.1, -0.05) is 5.16 Å². The number of hydrogen-bond donors (Lipinski definition) is 2. The Bertz CT molecular complexity index is 1010. The van der Waals surface area contributed by atoms with Crippen molar-refractivity contribution in [2.45, 2.75) is 39.3 Å². The van der Waals surface area contributed by atoms with Gasteiger partial charge in [0.15, 0.2) is 5.76 Å². The Morgan fingerprint density at radius 2 is 1.85 bits per heavy atom. The van der Waals surface area contributed by atoms with E-state index >= 15 is 0 Å². The van der Waals surface area contributed by atoms with Gasteiger partial charge < -0.3 is 23.8 Å². The van der Waals surface area contributed by atoms with Gasteiger partial charge in [0.1, 0.15) is 23.4 Å². The maximum atomic E-state index is 12.4. The molecule has 2 N–H and O–H groups in total. The van der Waals surface area contributed by atoms with Gasteiger partial charge in [0.05, 0.1) is 13.2 Å². The first-order valence-corrected chi connectivity index (χ1v) is 10.8. The molecule has 181 valence electrons. The number of ether oxygens (including phenoxy) is 2. The Morgan fingerprint density at radius 1 is 1.18 bits per heavy atom. The van der Waals surface area contributed by atoms with Crippen LogP contribution in [0.25, 0.3) is 0 Å². The summed E-state index contributed by atoms with van der Waals surface area (Å²) in [5.74, 6) is -0.129. The largest absolute Gasteiger partial charge is 0.494 e. The molecule has 0 unspecified atom stereocenters. The lowest BCUT2D eigenvalue weighted by Crippen LogP contribution is -2.54. The molecule has 0 saturated carbocycles. The van der Waals surface area contributed by atoms with Crippen LogP contribution >= 0.6 is 0 Å². The van der Waals surface area contributed by atoms with Crippen molar-refractivity contribution in [2.24, 2.45) is 0 Å². The van der Waals surface area contributed by atoms with Gasteiger partial charge in [-0.15, -0.1) is 0 Å². The average Bonchev–Trinajstić information content (AvgIpc) is 3.28. The molecule has 1 fully saturated rings. The normalized spacial score (nSPS) is 14.2. The van der Waals surface area contributed by atoms with Gasteiger partial charge >= 0.3 is 17.9 Å². The third-order valence-corrected chi connectivity index (χ3v) is 4.80. The van der Waals surface area contributed by atoms with Crippen molar-refractivity contribution in [3.8, 4) is 5.75 Å². The van der Waals surface area contributed by atoms with E-state index in [0.717, 1.165) is 0 Å². The van der Waals surface area contributed by atoms with Crippen LogP contribution in [0.5, 0.6) is 5.75 Å². The van der Waals surface area contributed by atoms with Crippen LogP contribution in [0.15, 0.2) is 34.9 Å². The number of nitrogens with zero attached hydrogens (tertiary/aromatic N) is 3. The molecule has 3 rings (SSSR count). The van der Waals surface area contributed by atoms with E-state index in [9.17, 15) is 14.4 Å². The minimum absolute atomic E-state index is 0.0791. The van der Waals surface area contributed by atoms with Gasteiger partial charge in [-0.25, -0.2) is 4.79 Å². The molecule has 11 nitrogen and oxygen atoms in total. The van der Waals surface area contributed by atoms with Crippen molar-refractivity contribution >= 4 is 23.7 Å². The number of benzene rings is 1. The summed E-state index contributed by atoms with van der Waals surface area (Å²) < 4.78 is 15.8. The summed E-state index contributed by atoms with van der Waals surface area (Å²) in [6, 6.07) is 8.23. The smallest absolute Gasteiger partial charge is 0.413 e. The first-order valence-electron chi connectivity index (χ1n) is 10.8. The number of rotatable bonds is 8. The molecule has 0 aliphatic carbocycles. The molecule has 2 heterocycles. The van der Waals surface area contributed by atoms with E-state index in [4.69, 9.17) is 19.4 Å². The molecule has 0 bridgehead atoms. The van der Waals surface area contributed by atoms with Crippen LogP contribution in [0.2, 0.25) is 0 Å². The van der Waals surface area contributed by atoms with E-state index in [-0.39, 0.29) is 12.4 Å². The second-order valence-corrected chi connectivity index (χ2v) is 8.67. The molecule has 3 amide bonds. The molecule has 1 saturated heterocycles. The van der Waals surface area contributed by atoms with Crippen molar-refractivity contribution in [1.29, 1.82) is 5.41 Å². The lowest BCUT2D eigenvalue weighted by Gasteiger charge is -2.33. The second kappa shape index (κ2) is 10.8. The van der Waals surface area contributed by atoms with E-state index in [1.54, 1.807) is 45.0 Å². The topological polar surface area (TPSA) is 138 Å². The highest BCUT2D eigenvalue weighted by Gasteiger charge is 2.32. The van der Waals surface area contributed by atoms with Crippen LogP contribution in [0.3, 0.4) is 0 Å². The Balaban J connectivity index is 1.38. The highest BCUT2D eigenvalue weighted by molar-refractivity contribution is 6.35. The number of carbonyl (C=O) groups is 3. The first kappa shape index (κ1) is 24.7. The first-order chi connectivity index (χ1) is 16.1. The molecule has 1 aliphatic rings. The molecular weight excluding hydrogens is 442 g/mol. The lowest BCUT2D eigenvalue weighted by molar-refractivity contribution is -0.156. The molecule has 11 heteroatoms. The van der Waals surface area contributed by atoms with Crippen LogP contribution < -0.4 is 10.1 Å². The van der Waals surface area contributed by atoms with E-state index < -0.39 is 23.5 Å². The molecule has 0 atom stereocenters. The predicted octanol–water partition coefficient (Wildman–Crippen LogP) is 1.96. The van der Waals surface area contributed by atoms with Crippen LogP contribution in [0, 0.1) is 11.6 Å². The number of amidine groups is 1. The van der Waals surface area contributed by atoms with E-state index in [2.05, 4.69) is 16.7 Å². The fourth-order valence-electron chi connectivity index (χ4n) is 3.19. The van der Waals surface area contributed by atoms with Crippen molar-refractivity contribution in [3.05, 3.63) is 47.9 Å². The van der Waals surface area contributed by atoms with Crippen molar-refractivity contribution in [2.75, 3.05) is 26.2 Å². The minimum atomic E-state index is -0.692. The number of aromatic nitrogens is 1. The molecule has 1 aliphatic heterocycles. The molecule has 1 aromatic heterocycles. The Morgan fingerprint density at radius 3 is 2.50 bits per heavy atom. The number of nitrogens with one attached hydrogen (secondary N) is 2. The molecule has 34 heavy (non-hydrogen) atoms. The third-order valence-electron chi connectivity index (χ3n) is 4.80. The summed E-state index contributed by atoms with van der Waals surface area (Å²) >= 11 is 0. The summed E-state index contributed by atoms with van der Waals surface area (Å²) in [6.45, 7) is 7.03. The Kier molecular flexibility index (Phi) is 7.87. The zero-order valence-corrected chi connectivity index (χ0v) is 19.4. The second-order valence-electron chi connectivity index (χ2n) is 8.67. The molecule has 1 aromatic carbocycles. The maximum absolute atomic E-state index is 12.4. The standard InChI is InChI=1S/C23H28N5O6/c1-23(2,3)33-22(31)26-19(24)16-5-7-17(8-6-16)32-14-4-11-27-12-13-28(21(30)20(27)29)15-18-9-10-25-34-18/h5-9H,4,11-15H2,1-3H3,(H2,24,26,31). The maximum Gasteiger partial charge on any atom is 0.413 e. The highest BCUT2D eigenvalue weighted by Crippen LogP contribution is 2.14. The zero-order valence-electron chi connectivity index (χ0n) is 19.4. The van der Waals surface area contributed by atoms with Crippen molar-refractivity contribution in [3.63, 3.8) is 0 Å². The third kappa shape index (κ3) is 7.06. The fourth-order valence-corrected chi connectivity index (χ4v) is 3.19. The number of alkyl carbamates (subject to hydrolysis) is 1. The molecular formula is C23H28N5O6.